The maximum absolute atomic E-state index is 11.5. The minimum absolute atomic E-state index is 0.271. The van der Waals surface area contributed by atoms with Gasteiger partial charge in [0, 0.05) is 31.6 Å². The van der Waals surface area contributed by atoms with Crippen LogP contribution in [0, 0.1) is 0 Å². The minimum Gasteiger partial charge on any atom is -0.478 e. The first-order chi connectivity index (χ1) is 12.5. The number of aromatic carboxylic acids is 1. The Morgan fingerprint density at radius 3 is 2.62 bits per heavy atom. The molecule has 134 valence electrons. The van der Waals surface area contributed by atoms with Gasteiger partial charge in [-0.2, -0.15) is 5.10 Å². The van der Waals surface area contributed by atoms with Crippen LogP contribution in [0.4, 0.5) is 0 Å². The molecule has 3 rings (SSSR count). The van der Waals surface area contributed by atoms with Gasteiger partial charge in [0.05, 0.1) is 16.9 Å². The molecule has 0 aliphatic carbocycles. The zero-order valence-corrected chi connectivity index (χ0v) is 15.0. The van der Waals surface area contributed by atoms with E-state index in [0.717, 1.165) is 29.9 Å². The van der Waals surface area contributed by atoms with Gasteiger partial charge in [-0.3, -0.25) is 4.98 Å². The summed E-state index contributed by atoms with van der Waals surface area (Å²) in [5.41, 5.74) is 3.92. The Morgan fingerprint density at radius 2 is 1.92 bits per heavy atom. The number of carboxylic acid groups (broad SMARTS) is 1. The SMILES string of the molecule is CN(C)CCc1cn(-c2ccccc2)nc1Cc1cnccc1C(=O)O. The lowest BCUT2D eigenvalue weighted by Crippen LogP contribution is -2.15. The summed E-state index contributed by atoms with van der Waals surface area (Å²) in [5.74, 6) is -0.945. The average molecular weight is 350 g/mol. The normalized spacial score (nSPS) is 11.0. The van der Waals surface area contributed by atoms with Gasteiger partial charge >= 0.3 is 5.97 Å². The van der Waals surface area contributed by atoms with E-state index in [1.807, 2.05) is 55.3 Å². The van der Waals surface area contributed by atoms with Gasteiger partial charge in [0.15, 0.2) is 0 Å². The summed E-state index contributed by atoms with van der Waals surface area (Å²) in [6.07, 6.45) is 6.43. The van der Waals surface area contributed by atoms with Gasteiger partial charge in [0.25, 0.3) is 0 Å². The van der Waals surface area contributed by atoms with Crippen LogP contribution in [0.1, 0.15) is 27.2 Å². The number of rotatable bonds is 7. The van der Waals surface area contributed by atoms with E-state index in [1.54, 1.807) is 6.20 Å². The van der Waals surface area contributed by atoms with E-state index in [9.17, 15) is 9.90 Å². The van der Waals surface area contributed by atoms with Crippen molar-refractivity contribution in [3.8, 4) is 5.69 Å². The van der Waals surface area contributed by atoms with Crippen LogP contribution in [0.2, 0.25) is 0 Å². The van der Waals surface area contributed by atoms with Crippen LogP contribution in [0.15, 0.2) is 55.0 Å². The number of benzene rings is 1. The van der Waals surface area contributed by atoms with Crippen LogP contribution < -0.4 is 0 Å². The molecule has 26 heavy (non-hydrogen) atoms. The summed E-state index contributed by atoms with van der Waals surface area (Å²) >= 11 is 0. The second-order valence-electron chi connectivity index (χ2n) is 6.45. The Morgan fingerprint density at radius 1 is 1.15 bits per heavy atom. The molecule has 0 amide bonds. The number of aromatic nitrogens is 3. The number of nitrogens with zero attached hydrogens (tertiary/aromatic N) is 4. The summed E-state index contributed by atoms with van der Waals surface area (Å²) in [7, 11) is 4.07. The second kappa shape index (κ2) is 7.93. The third kappa shape index (κ3) is 4.15. The van der Waals surface area contributed by atoms with Gasteiger partial charge in [0.1, 0.15) is 0 Å². The first-order valence-corrected chi connectivity index (χ1v) is 8.48. The number of para-hydroxylation sites is 1. The topological polar surface area (TPSA) is 71.2 Å². The van der Waals surface area contributed by atoms with Gasteiger partial charge in [0.2, 0.25) is 0 Å². The molecule has 0 unspecified atom stereocenters. The molecule has 2 heterocycles. The van der Waals surface area contributed by atoms with Crippen LogP contribution in [-0.2, 0) is 12.8 Å². The van der Waals surface area contributed by atoms with Crippen molar-refractivity contribution in [1.29, 1.82) is 0 Å². The summed E-state index contributed by atoms with van der Waals surface area (Å²) in [6, 6.07) is 11.4. The molecule has 1 aromatic carbocycles. The van der Waals surface area contributed by atoms with Crippen molar-refractivity contribution in [3.05, 3.63) is 77.4 Å². The summed E-state index contributed by atoms with van der Waals surface area (Å²) in [6.45, 7) is 0.895. The molecule has 0 bridgehead atoms. The third-order valence-corrected chi connectivity index (χ3v) is 4.22. The fourth-order valence-electron chi connectivity index (χ4n) is 2.82. The Bertz CT molecular complexity index is 888. The predicted octanol–water partition coefficient (Wildman–Crippen LogP) is 2.66. The van der Waals surface area contributed by atoms with Crippen molar-refractivity contribution in [2.45, 2.75) is 12.8 Å². The maximum atomic E-state index is 11.5. The first kappa shape index (κ1) is 17.8. The lowest BCUT2D eigenvalue weighted by atomic mass is 10.0. The highest BCUT2D eigenvalue weighted by molar-refractivity contribution is 5.89. The molecule has 2 aromatic heterocycles. The summed E-state index contributed by atoms with van der Waals surface area (Å²) < 4.78 is 1.86. The fraction of sp³-hybridized carbons (Fsp3) is 0.250. The van der Waals surface area contributed by atoms with E-state index in [2.05, 4.69) is 9.88 Å². The monoisotopic (exact) mass is 350 g/mol. The van der Waals surface area contributed by atoms with E-state index in [-0.39, 0.29) is 5.56 Å². The van der Waals surface area contributed by atoms with E-state index in [0.29, 0.717) is 12.0 Å². The summed E-state index contributed by atoms with van der Waals surface area (Å²) in [4.78, 5) is 17.7. The van der Waals surface area contributed by atoms with Crippen molar-refractivity contribution in [2.24, 2.45) is 0 Å². The lowest BCUT2D eigenvalue weighted by molar-refractivity contribution is 0.0695. The lowest BCUT2D eigenvalue weighted by Gasteiger charge is -2.09. The second-order valence-corrected chi connectivity index (χ2v) is 6.45. The number of hydrogen-bond donors (Lipinski definition) is 1. The Hall–Kier alpha value is -2.99. The molecule has 0 radical (unpaired) electrons. The van der Waals surface area contributed by atoms with E-state index < -0.39 is 5.97 Å². The maximum Gasteiger partial charge on any atom is 0.336 e. The molecule has 0 aliphatic heterocycles. The van der Waals surface area contributed by atoms with Crippen molar-refractivity contribution >= 4 is 5.97 Å². The largest absolute Gasteiger partial charge is 0.478 e. The quantitative estimate of drug-likeness (QED) is 0.709. The van der Waals surface area contributed by atoms with E-state index >= 15 is 0 Å². The fourth-order valence-corrected chi connectivity index (χ4v) is 2.82. The first-order valence-electron chi connectivity index (χ1n) is 8.48. The molecule has 0 spiro atoms. The van der Waals surface area contributed by atoms with Crippen LogP contribution in [0.3, 0.4) is 0 Å². The molecule has 6 nitrogen and oxygen atoms in total. The van der Waals surface area contributed by atoms with Gasteiger partial charge in [-0.1, -0.05) is 18.2 Å². The molecule has 0 saturated heterocycles. The minimum atomic E-state index is -0.945. The zero-order chi connectivity index (χ0) is 18.5. The predicted molar refractivity (Wildman–Crippen MR) is 99.8 cm³/mol. The van der Waals surface area contributed by atoms with Crippen LogP contribution >= 0.6 is 0 Å². The Labute approximate surface area is 152 Å². The van der Waals surface area contributed by atoms with E-state index in [4.69, 9.17) is 5.10 Å². The standard InChI is InChI=1S/C20H22N4O2/c1-23(2)11-9-15-14-24(17-6-4-3-5-7-17)22-19(15)12-16-13-21-10-8-18(16)20(25)26/h3-8,10,13-14H,9,11-12H2,1-2H3,(H,25,26). The molecule has 1 N–H and O–H groups in total. The highest BCUT2D eigenvalue weighted by atomic mass is 16.4. The van der Waals surface area contributed by atoms with Crippen LogP contribution in [0.5, 0.6) is 0 Å². The highest BCUT2D eigenvalue weighted by Crippen LogP contribution is 2.19. The molecule has 0 aliphatic rings. The molecular formula is C20H22N4O2. The number of hydrogen-bond acceptors (Lipinski definition) is 4. The third-order valence-electron chi connectivity index (χ3n) is 4.22. The molecular weight excluding hydrogens is 328 g/mol. The summed E-state index contributed by atoms with van der Waals surface area (Å²) in [5, 5.41) is 14.1. The van der Waals surface area contributed by atoms with Crippen LogP contribution in [-0.4, -0.2) is 51.4 Å². The van der Waals surface area contributed by atoms with Crippen LogP contribution in [0.25, 0.3) is 5.69 Å². The number of pyridine rings is 1. The molecule has 0 atom stereocenters. The highest BCUT2D eigenvalue weighted by Gasteiger charge is 2.16. The molecule has 6 heteroatoms. The number of carboxylic acids is 1. The van der Waals surface area contributed by atoms with Crippen molar-refractivity contribution < 1.29 is 9.90 Å². The molecule has 0 saturated carbocycles. The zero-order valence-electron chi connectivity index (χ0n) is 15.0. The average Bonchev–Trinajstić information content (AvgIpc) is 3.04. The van der Waals surface area contributed by atoms with Crippen molar-refractivity contribution in [1.82, 2.24) is 19.7 Å². The van der Waals surface area contributed by atoms with Gasteiger partial charge in [-0.05, 0) is 49.8 Å². The number of likely N-dealkylation sites (N-methyl/N-ethyl adjacent to an activating group) is 1. The van der Waals surface area contributed by atoms with Crippen molar-refractivity contribution in [3.63, 3.8) is 0 Å². The molecule has 3 aromatic rings. The smallest absolute Gasteiger partial charge is 0.336 e. The van der Waals surface area contributed by atoms with Gasteiger partial charge in [-0.25, -0.2) is 9.48 Å². The van der Waals surface area contributed by atoms with Gasteiger partial charge < -0.3 is 10.0 Å². The Balaban J connectivity index is 1.97. The van der Waals surface area contributed by atoms with E-state index in [1.165, 1.54) is 12.3 Å². The molecule has 0 fully saturated rings. The van der Waals surface area contributed by atoms with Gasteiger partial charge in [-0.15, -0.1) is 0 Å². The number of carbonyl (C=O) groups is 1. The van der Waals surface area contributed by atoms with Crippen molar-refractivity contribution in [2.75, 3.05) is 20.6 Å². The Kier molecular flexibility index (Phi) is 5.43.